The molecule has 20 heavy (non-hydrogen) atoms. The van der Waals surface area contributed by atoms with E-state index in [-0.39, 0.29) is 0 Å². The molecular formula is C15H20N4O. The summed E-state index contributed by atoms with van der Waals surface area (Å²) in [5.41, 5.74) is 8.37. The molecule has 5 nitrogen and oxygen atoms in total. The Morgan fingerprint density at radius 3 is 2.90 bits per heavy atom. The van der Waals surface area contributed by atoms with Crippen LogP contribution in [0.15, 0.2) is 35.3 Å². The topological polar surface area (TPSA) is 66.6 Å². The molecule has 0 atom stereocenters. The number of hydrogen-bond donors (Lipinski definition) is 2. The summed E-state index contributed by atoms with van der Waals surface area (Å²) in [6, 6.07) is 10.5. The summed E-state index contributed by atoms with van der Waals surface area (Å²) >= 11 is 0. The SMILES string of the molecule is NC(=NCCc1cc2ccccc2[nH]1)N1CCOCC1. The highest BCUT2D eigenvalue weighted by Crippen LogP contribution is 2.14. The zero-order chi connectivity index (χ0) is 13.8. The van der Waals surface area contributed by atoms with Crippen molar-refractivity contribution in [3.8, 4) is 0 Å². The Kier molecular flexibility index (Phi) is 3.87. The molecule has 3 rings (SSSR count). The van der Waals surface area contributed by atoms with Crippen LogP contribution in [-0.2, 0) is 11.2 Å². The Balaban J connectivity index is 1.58. The van der Waals surface area contributed by atoms with Gasteiger partial charge in [0.1, 0.15) is 0 Å². The molecule has 3 N–H and O–H groups in total. The number of morpholine rings is 1. The second kappa shape index (κ2) is 5.96. The van der Waals surface area contributed by atoms with Gasteiger partial charge in [-0.25, -0.2) is 0 Å². The number of aliphatic imine (C=N–C) groups is 1. The van der Waals surface area contributed by atoms with E-state index in [0.717, 1.165) is 32.7 Å². The van der Waals surface area contributed by atoms with Crippen molar-refractivity contribution in [2.45, 2.75) is 6.42 Å². The predicted molar refractivity (Wildman–Crippen MR) is 80.9 cm³/mol. The van der Waals surface area contributed by atoms with Crippen LogP contribution in [0.25, 0.3) is 10.9 Å². The maximum absolute atomic E-state index is 6.00. The summed E-state index contributed by atoms with van der Waals surface area (Å²) in [5.74, 6) is 0.629. The van der Waals surface area contributed by atoms with Crippen molar-refractivity contribution in [2.75, 3.05) is 32.8 Å². The quantitative estimate of drug-likeness (QED) is 0.655. The van der Waals surface area contributed by atoms with Gasteiger partial charge in [-0.3, -0.25) is 4.99 Å². The first-order chi connectivity index (χ1) is 9.83. The first kappa shape index (κ1) is 13.0. The fraction of sp³-hybridized carbons (Fsp3) is 0.400. The van der Waals surface area contributed by atoms with Crippen LogP contribution >= 0.6 is 0 Å². The fourth-order valence-electron chi connectivity index (χ4n) is 2.45. The molecule has 1 aromatic heterocycles. The number of aromatic nitrogens is 1. The standard InChI is InChI=1S/C15H20N4O/c16-15(19-7-9-20-10-8-19)17-6-5-13-11-12-3-1-2-4-14(12)18-13/h1-4,11,18H,5-10H2,(H2,16,17). The highest BCUT2D eigenvalue weighted by molar-refractivity contribution is 5.80. The van der Waals surface area contributed by atoms with E-state index >= 15 is 0 Å². The first-order valence-corrected chi connectivity index (χ1v) is 7.02. The maximum Gasteiger partial charge on any atom is 0.191 e. The molecule has 0 bridgehead atoms. The van der Waals surface area contributed by atoms with Crippen molar-refractivity contribution in [3.63, 3.8) is 0 Å². The lowest BCUT2D eigenvalue weighted by atomic mass is 10.2. The summed E-state index contributed by atoms with van der Waals surface area (Å²) in [6.45, 7) is 3.84. The minimum Gasteiger partial charge on any atom is -0.378 e. The lowest BCUT2D eigenvalue weighted by molar-refractivity contribution is 0.0674. The van der Waals surface area contributed by atoms with Crippen molar-refractivity contribution in [2.24, 2.45) is 10.7 Å². The molecule has 5 heteroatoms. The van der Waals surface area contributed by atoms with Crippen molar-refractivity contribution < 1.29 is 4.74 Å². The Morgan fingerprint density at radius 2 is 2.10 bits per heavy atom. The van der Waals surface area contributed by atoms with Gasteiger partial charge in [-0.1, -0.05) is 18.2 Å². The van der Waals surface area contributed by atoms with Gasteiger partial charge in [-0.2, -0.15) is 0 Å². The predicted octanol–water partition coefficient (Wildman–Crippen LogP) is 1.36. The Bertz CT molecular complexity index is 566. The van der Waals surface area contributed by atoms with Gasteiger partial charge in [0.15, 0.2) is 5.96 Å². The number of fused-ring (bicyclic) bond motifs is 1. The number of nitrogens with one attached hydrogen (secondary N) is 1. The molecule has 0 aliphatic carbocycles. The zero-order valence-electron chi connectivity index (χ0n) is 11.5. The third-order valence-electron chi connectivity index (χ3n) is 3.58. The van der Waals surface area contributed by atoms with Gasteiger partial charge in [0.2, 0.25) is 0 Å². The molecule has 0 saturated carbocycles. The van der Waals surface area contributed by atoms with Crippen LogP contribution in [0.1, 0.15) is 5.69 Å². The highest BCUT2D eigenvalue weighted by atomic mass is 16.5. The lowest BCUT2D eigenvalue weighted by Crippen LogP contribution is -2.44. The van der Waals surface area contributed by atoms with Gasteiger partial charge >= 0.3 is 0 Å². The van der Waals surface area contributed by atoms with Crippen molar-refractivity contribution in [1.29, 1.82) is 0 Å². The fourth-order valence-corrected chi connectivity index (χ4v) is 2.45. The van der Waals surface area contributed by atoms with Gasteiger partial charge in [0.05, 0.1) is 13.2 Å². The number of aromatic amines is 1. The summed E-state index contributed by atoms with van der Waals surface area (Å²) in [7, 11) is 0. The minimum absolute atomic E-state index is 0.629. The average molecular weight is 272 g/mol. The Labute approximate surface area is 118 Å². The smallest absolute Gasteiger partial charge is 0.191 e. The molecule has 0 amide bonds. The van der Waals surface area contributed by atoms with Crippen LogP contribution in [0, 0.1) is 0 Å². The average Bonchev–Trinajstić information content (AvgIpc) is 2.90. The van der Waals surface area contributed by atoms with Crippen molar-refractivity contribution in [3.05, 3.63) is 36.0 Å². The second-order valence-corrected chi connectivity index (χ2v) is 4.97. The van der Waals surface area contributed by atoms with Crippen LogP contribution < -0.4 is 5.73 Å². The molecule has 0 radical (unpaired) electrons. The number of guanidine groups is 1. The number of benzene rings is 1. The van der Waals surface area contributed by atoms with Gasteiger partial charge in [-0.15, -0.1) is 0 Å². The molecular weight excluding hydrogens is 252 g/mol. The summed E-state index contributed by atoms with van der Waals surface area (Å²) in [5, 5.41) is 1.24. The van der Waals surface area contributed by atoms with E-state index in [2.05, 4.69) is 39.1 Å². The molecule has 1 aliphatic rings. The number of nitrogens with two attached hydrogens (primary N) is 1. The van der Waals surface area contributed by atoms with Crippen LogP contribution in [-0.4, -0.2) is 48.7 Å². The van der Waals surface area contributed by atoms with Crippen LogP contribution in [0.2, 0.25) is 0 Å². The molecule has 1 aromatic carbocycles. The Morgan fingerprint density at radius 1 is 1.30 bits per heavy atom. The van der Waals surface area contributed by atoms with E-state index in [1.54, 1.807) is 0 Å². The monoisotopic (exact) mass is 272 g/mol. The largest absolute Gasteiger partial charge is 0.378 e. The van der Waals surface area contributed by atoms with Crippen molar-refractivity contribution in [1.82, 2.24) is 9.88 Å². The molecule has 1 aliphatic heterocycles. The summed E-state index contributed by atoms with van der Waals surface area (Å²) < 4.78 is 5.30. The molecule has 0 unspecified atom stereocenters. The number of nitrogens with zero attached hydrogens (tertiary/aromatic N) is 2. The van der Waals surface area contributed by atoms with E-state index in [1.807, 2.05) is 6.07 Å². The molecule has 2 heterocycles. The van der Waals surface area contributed by atoms with E-state index in [0.29, 0.717) is 12.5 Å². The number of hydrogen-bond acceptors (Lipinski definition) is 2. The second-order valence-electron chi connectivity index (χ2n) is 4.97. The van der Waals surface area contributed by atoms with Crippen LogP contribution in [0.4, 0.5) is 0 Å². The normalized spacial score (nSPS) is 16.8. The Hall–Kier alpha value is -2.01. The first-order valence-electron chi connectivity index (χ1n) is 7.02. The number of H-pyrrole nitrogens is 1. The van der Waals surface area contributed by atoms with Gasteiger partial charge in [-0.05, 0) is 17.5 Å². The molecule has 106 valence electrons. The third kappa shape index (κ3) is 2.93. The molecule has 2 aromatic rings. The summed E-state index contributed by atoms with van der Waals surface area (Å²) in [4.78, 5) is 9.94. The van der Waals surface area contributed by atoms with Crippen LogP contribution in [0.3, 0.4) is 0 Å². The highest BCUT2D eigenvalue weighted by Gasteiger charge is 2.11. The summed E-state index contributed by atoms with van der Waals surface area (Å²) in [6.07, 6.45) is 0.875. The lowest BCUT2D eigenvalue weighted by Gasteiger charge is -2.27. The maximum atomic E-state index is 6.00. The molecule has 1 saturated heterocycles. The molecule has 0 spiro atoms. The number of rotatable bonds is 3. The number of para-hydroxylation sites is 1. The van der Waals surface area contributed by atoms with Crippen LogP contribution in [0.5, 0.6) is 0 Å². The zero-order valence-corrected chi connectivity index (χ0v) is 11.5. The van der Waals surface area contributed by atoms with Gasteiger partial charge < -0.3 is 20.4 Å². The molecule has 1 fully saturated rings. The third-order valence-corrected chi connectivity index (χ3v) is 3.58. The minimum atomic E-state index is 0.629. The van der Waals surface area contributed by atoms with Gasteiger partial charge in [0.25, 0.3) is 0 Å². The van der Waals surface area contributed by atoms with E-state index in [1.165, 1.54) is 16.6 Å². The number of ether oxygens (including phenoxy) is 1. The van der Waals surface area contributed by atoms with E-state index in [4.69, 9.17) is 10.5 Å². The van der Waals surface area contributed by atoms with E-state index < -0.39 is 0 Å². The van der Waals surface area contributed by atoms with Crippen molar-refractivity contribution >= 4 is 16.9 Å². The van der Waals surface area contributed by atoms with E-state index in [9.17, 15) is 0 Å². The van der Waals surface area contributed by atoms with Gasteiger partial charge in [0, 0.05) is 37.3 Å².